The van der Waals surface area contributed by atoms with Gasteiger partial charge in [-0.3, -0.25) is 19.2 Å². The summed E-state index contributed by atoms with van der Waals surface area (Å²) >= 11 is 0. The number of rotatable bonds is 14. The second-order valence-electron chi connectivity index (χ2n) is 7.92. The Bertz CT molecular complexity index is 656. The number of amides is 4. The third kappa shape index (κ3) is 10.2. The van der Waals surface area contributed by atoms with Crippen molar-refractivity contribution in [3.05, 3.63) is 0 Å². The molecular weight excluding hydrogens is 410 g/mol. The minimum absolute atomic E-state index is 0.00364. The lowest BCUT2D eigenvalue weighted by Crippen LogP contribution is -2.59. The number of carbonyl (C=O) groups is 5. The van der Waals surface area contributed by atoms with E-state index in [-0.39, 0.29) is 18.3 Å². The van der Waals surface area contributed by atoms with E-state index >= 15 is 0 Å². The van der Waals surface area contributed by atoms with Gasteiger partial charge in [-0.2, -0.15) is 0 Å². The molecule has 5 unspecified atom stereocenters. The van der Waals surface area contributed by atoms with E-state index in [2.05, 4.69) is 16.0 Å². The molecule has 0 rings (SSSR count). The van der Waals surface area contributed by atoms with Crippen molar-refractivity contribution < 1.29 is 34.2 Å². The van der Waals surface area contributed by atoms with Gasteiger partial charge >= 0.3 is 5.97 Å². The SMILES string of the molecule is CCC(C)C(NC(=O)C(CC(N)=O)NC(=O)C(N)CO)C(=O)NC(CC(C)C)C(=O)O. The highest BCUT2D eigenvalue weighted by Gasteiger charge is 2.33. The standard InChI is InChI=1S/C19H35N5O7/c1-5-10(4)15(18(29)23-13(19(30)31)6-9(2)3)24-17(28)12(7-14(21)26)22-16(27)11(20)8-25/h9-13,15,25H,5-8,20H2,1-4H3,(H2,21,26)(H,22,27)(H,23,29)(H,24,28)(H,30,31). The van der Waals surface area contributed by atoms with Crippen molar-refractivity contribution >= 4 is 29.6 Å². The number of carboxylic acids is 1. The van der Waals surface area contributed by atoms with Crippen molar-refractivity contribution in [3.8, 4) is 0 Å². The number of nitrogens with two attached hydrogens (primary N) is 2. The highest BCUT2D eigenvalue weighted by Crippen LogP contribution is 2.11. The molecule has 12 heteroatoms. The van der Waals surface area contributed by atoms with E-state index in [4.69, 9.17) is 16.6 Å². The Morgan fingerprint density at radius 2 is 1.45 bits per heavy atom. The topological polar surface area (TPSA) is 214 Å². The lowest BCUT2D eigenvalue weighted by atomic mass is 9.96. The predicted octanol–water partition coefficient (Wildman–Crippen LogP) is -2.19. The van der Waals surface area contributed by atoms with Crippen molar-refractivity contribution in [1.82, 2.24) is 16.0 Å². The molecule has 9 N–H and O–H groups in total. The van der Waals surface area contributed by atoms with Gasteiger partial charge in [-0.1, -0.05) is 34.1 Å². The fourth-order valence-electron chi connectivity index (χ4n) is 2.68. The second-order valence-corrected chi connectivity index (χ2v) is 7.92. The van der Waals surface area contributed by atoms with Gasteiger partial charge in [-0.15, -0.1) is 0 Å². The molecule has 0 aromatic rings. The molecule has 0 aliphatic heterocycles. The third-order valence-corrected chi connectivity index (χ3v) is 4.69. The highest BCUT2D eigenvalue weighted by atomic mass is 16.4. The number of aliphatic carboxylic acids is 1. The van der Waals surface area contributed by atoms with Crippen molar-refractivity contribution in [2.45, 2.75) is 71.1 Å². The fraction of sp³-hybridized carbons (Fsp3) is 0.737. The Morgan fingerprint density at radius 1 is 0.903 bits per heavy atom. The summed E-state index contributed by atoms with van der Waals surface area (Å²) in [4.78, 5) is 60.2. The zero-order valence-electron chi connectivity index (χ0n) is 18.4. The Hall–Kier alpha value is -2.73. The Labute approximate surface area is 181 Å². The maximum atomic E-state index is 12.8. The van der Waals surface area contributed by atoms with E-state index in [1.165, 1.54) is 0 Å². The Balaban J connectivity index is 5.54. The monoisotopic (exact) mass is 445 g/mol. The third-order valence-electron chi connectivity index (χ3n) is 4.69. The molecule has 0 aliphatic carbocycles. The largest absolute Gasteiger partial charge is 0.480 e. The average Bonchev–Trinajstić information content (AvgIpc) is 2.68. The van der Waals surface area contributed by atoms with Crippen LogP contribution in [0.5, 0.6) is 0 Å². The molecule has 0 saturated carbocycles. The van der Waals surface area contributed by atoms with Crippen molar-refractivity contribution in [3.63, 3.8) is 0 Å². The van der Waals surface area contributed by atoms with Gasteiger partial charge in [-0.05, 0) is 18.3 Å². The van der Waals surface area contributed by atoms with E-state index < -0.39 is 66.8 Å². The summed E-state index contributed by atoms with van der Waals surface area (Å²) in [6.07, 6.45) is 0.111. The average molecular weight is 446 g/mol. The Kier molecular flexibility index (Phi) is 12.4. The molecule has 31 heavy (non-hydrogen) atoms. The predicted molar refractivity (Wildman–Crippen MR) is 111 cm³/mol. The van der Waals surface area contributed by atoms with Crippen LogP contribution in [0.1, 0.15) is 47.0 Å². The fourth-order valence-corrected chi connectivity index (χ4v) is 2.68. The molecule has 0 heterocycles. The molecule has 0 aromatic carbocycles. The molecule has 4 amide bonds. The van der Waals surface area contributed by atoms with Gasteiger partial charge in [0.1, 0.15) is 24.2 Å². The lowest BCUT2D eigenvalue weighted by molar-refractivity contribution is -0.143. The molecule has 0 aromatic heterocycles. The van der Waals surface area contributed by atoms with Crippen LogP contribution >= 0.6 is 0 Å². The summed E-state index contributed by atoms with van der Waals surface area (Å²) in [6, 6.07) is -5.00. The summed E-state index contributed by atoms with van der Waals surface area (Å²) in [5.41, 5.74) is 10.6. The van der Waals surface area contributed by atoms with Crippen LogP contribution in [0.2, 0.25) is 0 Å². The van der Waals surface area contributed by atoms with Crippen LogP contribution in [-0.4, -0.2) is 70.6 Å². The molecule has 0 bridgehead atoms. The number of carbonyl (C=O) groups excluding carboxylic acids is 4. The number of aliphatic hydroxyl groups is 1. The summed E-state index contributed by atoms with van der Waals surface area (Å²) in [6.45, 7) is 6.41. The second kappa shape index (κ2) is 13.5. The van der Waals surface area contributed by atoms with Gasteiger partial charge < -0.3 is 37.6 Å². The van der Waals surface area contributed by atoms with E-state index in [9.17, 15) is 29.1 Å². The zero-order valence-corrected chi connectivity index (χ0v) is 18.4. The smallest absolute Gasteiger partial charge is 0.326 e. The first-order chi connectivity index (χ1) is 14.3. The molecule has 0 radical (unpaired) electrons. The van der Waals surface area contributed by atoms with Crippen LogP contribution in [0, 0.1) is 11.8 Å². The van der Waals surface area contributed by atoms with Crippen molar-refractivity contribution in [1.29, 1.82) is 0 Å². The van der Waals surface area contributed by atoms with Gasteiger partial charge in [0.05, 0.1) is 13.0 Å². The Morgan fingerprint density at radius 3 is 1.87 bits per heavy atom. The normalized spacial score (nSPS) is 15.8. The number of primary amides is 1. The molecule has 0 saturated heterocycles. The van der Waals surface area contributed by atoms with Gasteiger partial charge in [0.15, 0.2) is 0 Å². The minimum atomic E-state index is -1.42. The summed E-state index contributed by atoms with van der Waals surface area (Å²) in [7, 11) is 0. The van der Waals surface area contributed by atoms with Crippen LogP contribution < -0.4 is 27.4 Å². The van der Waals surface area contributed by atoms with Gasteiger partial charge in [-0.25, -0.2) is 4.79 Å². The summed E-state index contributed by atoms with van der Waals surface area (Å²) < 4.78 is 0. The molecule has 178 valence electrons. The molecular formula is C19H35N5O7. The van der Waals surface area contributed by atoms with E-state index in [0.29, 0.717) is 6.42 Å². The van der Waals surface area contributed by atoms with Gasteiger partial charge in [0.25, 0.3) is 0 Å². The zero-order chi connectivity index (χ0) is 24.3. The molecule has 12 nitrogen and oxygen atoms in total. The molecule has 0 spiro atoms. The number of carboxylic acid groups (broad SMARTS) is 1. The van der Waals surface area contributed by atoms with Crippen LogP contribution in [-0.2, 0) is 24.0 Å². The van der Waals surface area contributed by atoms with Crippen LogP contribution in [0.25, 0.3) is 0 Å². The molecule has 0 fully saturated rings. The van der Waals surface area contributed by atoms with E-state index in [1.54, 1.807) is 13.8 Å². The number of aliphatic hydroxyl groups excluding tert-OH is 1. The number of hydrogen-bond donors (Lipinski definition) is 7. The number of hydrogen-bond acceptors (Lipinski definition) is 7. The minimum Gasteiger partial charge on any atom is -0.480 e. The first kappa shape index (κ1) is 28.3. The van der Waals surface area contributed by atoms with E-state index in [1.807, 2.05) is 13.8 Å². The summed E-state index contributed by atoms with van der Waals surface area (Å²) in [5, 5.41) is 25.4. The quantitative estimate of drug-likeness (QED) is 0.155. The maximum absolute atomic E-state index is 12.8. The molecule has 0 aliphatic rings. The first-order valence-electron chi connectivity index (χ1n) is 10.1. The van der Waals surface area contributed by atoms with Crippen molar-refractivity contribution in [2.24, 2.45) is 23.3 Å². The highest BCUT2D eigenvalue weighted by molar-refractivity contribution is 5.96. The summed E-state index contributed by atoms with van der Waals surface area (Å²) in [5.74, 6) is -4.92. The van der Waals surface area contributed by atoms with Gasteiger partial charge in [0, 0.05) is 0 Å². The molecule has 5 atom stereocenters. The van der Waals surface area contributed by atoms with Crippen molar-refractivity contribution in [2.75, 3.05) is 6.61 Å². The van der Waals surface area contributed by atoms with Crippen LogP contribution in [0.3, 0.4) is 0 Å². The maximum Gasteiger partial charge on any atom is 0.326 e. The van der Waals surface area contributed by atoms with Crippen LogP contribution in [0.15, 0.2) is 0 Å². The lowest BCUT2D eigenvalue weighted by Gasteiger charge is -2.28. The first-order valence-corrected chi connectivity index (χ1v) is 10.1. The van der Waals surface area contributed by atoms with Crippen LogP contribution in [0.4, 0.5) is 0 Å². The van der Waals surface area contributed by atoms with Gasteiger partial charge in [0.2, 0.25) is 23.6 Å². The number of nitrogens with one attached hydrogen (secondary N) is 3. The van der Waals surface area contributed by atoms with E-state index in [0.717, 1.165) is 0 Å².